The van der Waals surface area contributed by atoms with E-state index in [0.717, 1.165) is 0 Å². The van der Waals surface area contributed by atoms with Crippen molar-refractivity contribution < 1.29 is 28.0 Å². The van der Waals surface area contributed by atoms with Crippen molar-refractivity contribution in [2.45, 2.75) is 6.04 Å². The van der Waals surface area contributed by atoms with Gasteiger partial charge in [0.1, 0.15) is 6.04 Å². The van der Waals surface area contributed by atoms with Crippen molar-refractivity contribution in [2.75, 3.05) is 18.9 Å². The van der Waals surface area contributed by atoms with Gasteiger partial charge < -0.3 is 21.7 Å². The molecule has 1 atom stereocenters. The quantitative estimate of drug-likeness (QED) is 0.324. The van der Waals surface area contributed by atoms with Crippen molar-refractivity contribution in [1.29, 1.82) is 0 Å². The molecule has 86 valence electrons. The molecule has 0 aliphatic rings. The maximum absolute atomic E-state index is 9.71. The molecule has 14 heavy (non-hydrogen) atoms. The maximum atomic E-state index is 9.71. The SMILES string of the molecule is NCCS(=O)(=O)O.N[C@@H](CO)C(=O)O. The van der Waals surface area contributed by atoms with Crippen LogP contribution in [0.25, 0.3) is 0 Å². The number of carbonyl (C=O) groups is 1. The van der Waals surface area contributed by atoms with Gasteiger partial charge in [-0.25, -0.2) is 0 Å². The Morgan fingerprint density at radius 1 is 1.43 bits per heavy atom. The van der Waals surface area contributed by atoms with Gasteiger partial charge in [0.05, 0.1) is 12.4 Å². The van der Waals surface area contributed by atoms with Crippen LogP contribution in [0, 0.1) is 0 Å². The maximum Gasteiger partial charge on any atom is 0.322 e. The zero-order valence-electron chi connectivity index (χ0n) is 7.33. The number of aliphatic hydroxyl groups excluding tert-OH is 1. The Bertz CT molecular complexity index is 251. The fourth-order valence-corrected chi connectivity index (χ4v) is 0.525. The van der Waals surface area contributed by atoms with Gasteiger partial charge in [0.2, 0.25) is 0 Å². The van der Waals surface area contributed by atoms with Crippen molar-refractivity contribution >= 4 is 16.1 Å². The second-order valence-corrected chi connectivity index (χ2v) is 3.77. The van der Waals surface area contributed by atoms with Crippen molar-refractivity contribution in [3.63, 3.8) is 0 Å². The highest BCUT2D eigenvalue weighted by Crippen LogP contribution is 1.74. The van der Waals surface area contributed by atoms with Crippen molar-refractivity contribution in [3.05, 3.63) is 0 Å². The smallest absolute Gasteiger partial charge is 0.322 e. The summed E-state index contributed by atoms with van der Waals surface area (Å²) in [5.74, 6) is -1.53. The topological polar surface area (TPSA) is 164 Å². The average Bonchev–Trinajstić information content (AvgIpc) is 2.01. The Hall–Kier alpha value is -0.740. The molecular weight excluding hydrogens is 216 g/mol. The summed E-state index contributed by atoms with van der Waals surface area (Å²) in [5.41, 5.74) is 9.54. The second-order valence-electron chi connectivity index (χ2n) is 2.20. The molecule has 0 aliphatic heterocycles. The largest absolute Gasteiger partial charge is 0.480 e. The zero-order chi connectivity index (χ0) is 11.8. The summed E-state index contributed by atoms with van der Waals surface area (Å²) in [7, 11) is -3.80. The minimum atomic E-state index is -3.80. The highest BCUT2D eigenvalue weighted by molar-refractivity contribution is 7.85. The molecule has 0 aliphatic carbocycles. The summed E-state index contributed by atoms with van der Waals surface area (Å²) in [4.78, 5) is 9.65. The Kier molecular flexibility index (Phi) is 8.58. The minimum absolute atomic E-state index is 0.0289. The van der Waals surface area contributed by atoms with Gasteiger partial charge >= 0.3 is 5.97 Å². The predicted molar refractivity (Wildman–Crippen MR) is 48.2 cm³/mol. The van der Waals surface area contributed by atoms with Crippen molar-refractivity contribution in [1.82, 2.24) is 0 Å². The van der Waals surface area contributed by atoms with Crippen LogP contribution in [-0.2, 0) is 14.9 Å². The molecule has 0 saturated carbocycles. The number of aliphatic hydroxyl groups is 1. The molecule has 0 aromatic rings. The normalized spacial score (nSPS) is 12.6. The van der Waals surface area contributed by atoms with E-state index >= 15 is 0 Å². The van der Waals surface area contributed by atoms with Crippen LogP contribution in [0.5, 0.6) is 0 Å². The van der Waals surface area contributed by atoms with Crippen LogP contribution in [-0.4, -0.2) is 54.1 Å². The van der Waals surface area contributed by atoms with E-state index in [-0.39, 0.29) is 12.3 Å². The predicted octanol–water partition coefficient (Wildman–Crippen LogP) is -2.78. The third kappa shape index (κ3) is 13.8. The first-order valence-electron chi connectivity index (χ1n) is 3.49. The highest BCUT2D eigenvalue weighted by Gasteiger charge is 2.07. The lowest BCUT2D eigenvalue weighted by molar-refractivity contribution is -0.139. The number of rotatable bonds is 4. The van der Waals surface area contributed by atoms with E-state index in [9.17, 15) is 13.2 Å². The Morgan fingerprint density at radius 3 is 1.86 bits per heavy atom. The zero-order valence-corrected chi connectivity index (χ0v) is 8.14. The van der Waals surface area contributed by atoms with E-state index in [1.54, 1.807) is 0 Å². The summed E-state index contributed by atoms with van der Waals surface area (Å²) in [6.45, 7) is -0.534. The number of aliphatic carboxylic acids is 1. The molecule has 0 rings (SSSR count). The molecule has 0 radical (unpaired) electrons. The average molecular weight is 230 g/mol. The molecule has 0 aromatic heterocycles. The van der Waals surface area contributed by atoms with Gasteiger partial charge in [-0.15, -0.1) is 0 Å². The van der Waals surface area contributed by atoms with Gasteiger partial charge in [0, 0.05) is 6.54 Å². The summed E-state index contributed by atoms with van der Waals surface area (Å²) in [6, 6.07) is -1.13. The van der Waals surface area contributed by atoms with Crippen LogP contribution in [0.2, 0.25) is 0 Å². The van der Waals surface area contributed by atoms with Crippen LogP contribution in [0.3, 0.4) is 0 Å². The number of hydrogen-bond acceptors (Lipinski definition) is 6. The molecule has 0 fully saturated rings. The molecule has 0 aromatic carbocycles. The van der Waals surface area contributed by atoms with Gasteiger partial charge in [0.25, 0.3) is 10.1 Å². The third-order valence-electron chi connectivity index (χ3n) is 0.890. The third-order valence-corrected chi connectivity index (χ3v) is 1.64. The van der Waals surface area contributed by atoms with Crippen LogP contribution in [0.15, 0.2) is 0 Å². The fraction of sp³-hybridized carbons (Fsp3) is 0.800. The monoisotopic (exact) mass is 230 g/mol. The molecule has 0 heterocycles. The Balaban J connectivity index is 0. The van der Waals surface area contributed by atoms with Crippen LogP contribution < -0.4 is 11.5 Å². The van der Waals surface area contributed by atoms with Gasteiger partial charge in [-0.1, -0.05) is 0 Å². The van der Waals surface area contributed by atoms with E-state index < -0.39 is 28.7 Å². The Labute approximate surface area is 81.3 Å². The van der Waals surface area contributed by atoms with Crippen LogP contribution >= 0.6 is 0 Å². The molecule has 0 unspecified atom stereocenters. The molecule has 7 N–H and O–H groups in total. The van der Waals surface area contributed by atoms with E-state index in [4.69, 9.17) is 26.2 Å². The van der Waals surface area contributed by atoms with Crippen LogP contribution in [0.4, 0.5) is 0 Å². The minimum Gasteiger partial charge on any atom is -0.480 e. The van der Waals surface area contributed by atoms with Crippen molar-refractivity contribution in [3.8, 4) is 0 Å². The summed E-state index contributed by atoms with van der Waals surface area (Å²) in [6.07, 6.45) is 0. The lowest BCUT2D eigenvalue weighted by atomic mass is 10.3. The molecular formula is C5H14N2O6S. The van der Waals surface area contributed by atoms with E-state index in [0.29, 0.717) is 0 Å². The van der Waals surface area contributed by atoms with E-state index in [1.807, 2.05) is 0 Å². The van der Waals surface area contributed by atoms with Gasteiger partial charge in [-0.2, -0.15) is 8.42 Å². The lowest BCUT2D eigenvalue weighted by Gasteiger charge is -1.96. The summed E-state index contributed by atoms with van der Waals surface area (Å²) < 4.78 is 27.3. The molecule has 8 nitrogen and oxygen atoms in total. The first-order valence-corrected chi connectivity index (χ1v) is 5.10. The standard InChI is InChI=1S/C3H7NO3.C2H7NO3S/c4-2(1-5)3(6)7;3-1-2-7(4,5)6/h2,5H,1,4H2,(H,6,7);1-3H2,(H,4,5,6)/t2-;/m0./s1. The fourth-order valence-electron chi connectivity index (χ4n) is 0.227. The number of nitrogens with two attached hydrogens (primary N) is 2. The number of carboxylic acid groups (broad SMARTS) is 1. The number of hydrogen-bond donors (Lipinski definition) is 5. The van der Waals surface area contributed by atoms with Gasteiger partial charge in [0.15, 0.2) is 0 Å². The number of carboxylic acids is 1. The first-order chi connectivity index (χ1) is 6.24. The van der Waals surface area contributed by atoms with Gasteiger partial charge in [-0.3, -0.25) is 9.35 Å². The second kappa shape index (κ2) is 7.64. The van der Waals surface area contributed by atoms with E-state index in [2.05, 4.69) is 0 Å². The molecule has 0 saturated heterocycles. The Morgan fingerprint density at radius 2 is 1.86 bits per heavy atom. The molecule has 0 spiro atoms. The summed E-state index contributed by atoms with van der Waals surface area (Å²) >= 11 is 0. The first kappa shape index (κ1) is 15.7. The van der Waals surface area contributed by atoms with Crippen molar-refractivity contribution in [2.24, 2.45) is 11.5 Å². The van der Waals surface area contributed by atoms with Crippen LogP contribution in [0.1, 0.15) is 0 Å². The molecule has 9 heteroatoms. The van der Waals surface area contributed by atoms with Gasteiger partial charge in [-0.05, 0) is 0 Å². The highest BCUT2D eigenvalue weighted by atomic mass is 32.2. The lowest BCUT2D eigenvalue weighted by Crippen LogP contribution is -2.33. The summed E-state index contributed by atoms with van der Waals surface area (Å²) in [5, 5.41) is 15.9. The molecule has 0 bridgehead atoms. The van der Waals surface area contributed by atoms with E-state index in [1.165, 1.54) is 0 Å². The molecule has 0 amide bonds.